The van der Waals surface area contributed by atoms with Crippen LogP contribution < -0.4 is 14.8 Å². The van der Waals surface area contributed by atoms with Crippen LogP contribution in [0.25, 0.3) is 0 Å². The van der Waals surface area contributed by atoms with Gasteiger partial charge < -0.3 is 14.8 Å². The number of hydrogen-bond donors (Lipinski definition) is 1. The van der Waals surface area contributed by atoms with Crippen molar-refractivity contribution in [1.82, 2.24) is 5.32 Å². The summed E-state index contributed by atoms with van der Waals surface area (Å²) in [5, 5.41) is 2.26. The van der Waals surface area contributed by atoms with E-state index in [0.717, 1.165) is 10.0 Å². The molecule has 8 heteroatoms. The molecular formula is C20H22BrNO5S. The van der Waals surface area contributed by atoms with Gasteiger partial charge in [0, 0.05) is 4.47 Å². The average Bonchev–Trinajstić information content (AvgIpc) is 2.67. The van der Waals surface area contributed by atoms with Gasteiger partial charge in [-0.05, 0) is 50.6 Å². The van der Waals surface area contributed by atoms with Crippen molar-refractivity contribution in [2.24, 2.45) is 0 Å². The molecule has 1 aliphatic rings. The molecule has 0 aliphatic carbocycles. The highest BCUT2D eigenvalue weighted by molar-refractivity contribution is 9.10. The van der Waals surface area contributed by atoms with Crippen LogP contribution in [0, 0.1) is 0 Å². The van der Waals surface area contributed by atoms with Gasteiger partial charge >= 0.3 is 0 Å². The predicted molar refractivity (Wildman–Crippen MR) is 110 cm³/mol. The van der Waals surface area contributed by atoms with Crippen molar-refractivity contribution in [3.63, 3.8) is 0 Å². The lowest BCUT2D eigenvalue weighted by Gasteiger charge is -2.23. The second-order valence-corrected chi connectivity index (χ2v) is 10.1. The van der Waals surface area contributed by atoms with Crippen LogP contribution in [0.2, 0.25) is 0 Å². The van der Waals surface area contributed by atoms with Crippen molar-refractivity contribution in [3.05, 3.63) is 52.0 Å². The van der Waals surface area contributed by atoms with Crippen LogP contribution in [0.1, 0.15) is 42.7 Å². The molecule has 1 unspecified atom stereocenters. The summed E-state index contributed by atoms with van der Waals surface area (Å²) in [6, 6.07) is 9.51. The first-order valence-corrected chi connectivity index (χ1v) is 11.3. The molecule has 2 aromatic rings. The number of fused-ring (bicyclic) bond motifs is 1. The Morgan fingerprint density at radius 3 is 2.32 bits per heavy atom. The van der Waals surface area contributed by atoms with Crippen molar-refractivity contribution in [3.8, 4) is 11.5 Å². The minimum atomic E-state index is -3.58. The summed E-state index contributed by atoms with van der Waals surface area (Å²) in [5.41, 5.74) is 0.943. The summed E-state index contributed by atoms with van der Waals surface area (Å²) in [7, 11) is -3.58. The predicted octanol–water partition coefficient (Wildman–Crippen LogP) is 3.89. The first-order chi connectivity index (χ1) is 13.2. The molecule has 0 bridgehead atoms. The number of hydrogen-bond acceptors (Lipinski definition) is 5. The second-order valence-electron chi connectivity index (χ2n) is 6.80. The first kappa shape index (κ1) is 20.7. The molecule has 0 fully saturated rings. The van der Waals surface area contributed by atoms with E-state index < -0.39 is 21.0 Å². The number of ether oxygens (including phenoxy) is 2. The lowest BCUT2D eigenvalue weighted by Crippen LogP contribution is -2.29. The molecule has 1 amide bonds. The van der Waals surface area contributed by atoms with Crippen LogP contribution >= 0.6 is 15.9 Å². The van der Waals surface area contributed by atoms with Crippen molar-refractivity contribution in [2.75, 3.05) is 13.2 Å². The summed E-state index contributed by atoms with van der Waals surface area (Å²) >= 11 is 3.50. The van der Waals surface area contributed by atoms with E-state index >= 15 is 0 Å². The molecule has 1 N–H and O–H groups in total. The number of rotatable bonds is 5. The van der Waals surface area contributed by atoms with Gasteiger partial charge in [0.2, 0.25) is 0 Å². The number of benzene rings is 2. The Bertz CT molecular complexity index is 1000. The van der Waals surface area contributed by atoms with Crippen molar-refractivity contribution >= 4 is 31.7 Å². The second kappa shape index (κ2) is 8.13. The van der Waals surface area contributed by atoms with Gasteiger partial charge in [0.15, 0.2) is 21.3 Å². The third kappa shape index (κ3) is 4.03. The smallest absolute Gasteiger partial charge is 0.253 e. The van der Waals surface area contributed by atoms with E-state index in [-0.39, 0.29) is 16.5 Å². The molecule has 0 aromatic heterocycles. The molecule has 28 heavy (non-hydrogen) atoms. The molecule has 6 nitrogen and oxygen atoms in total. The van der Waals surface area contributed by atoms with E-state index in [1.807, 2.05) is 19.1 Å². The zero-order chi connectivity index (χ0) is 20.5. The van der Waals surface area contributed by atoms with Crippen LogP contribution in [0.5, 0.6) is 11.5 Å². The topological polar surface area (TPSA) is 81.7 Å². The maximum atomic E-state index is 12.9. The standard InChI is InChI=1S/C20H22BrNO5S/c1-12(2)28(24,25)19-7-5-4-6-14(19)20(23)22-13(3)15-10-17-18(11-16(15)21)27-9-8-26-17/h4-7,10-13H,8-9H2,1-3H3,(H,22,23). The van der Waals surface area contributed by atoms with Crippen molar-refractivity contribution in [2.45, 2.75) is 37.0 Å². The Morgan fingerprint density at radius 2 is 1.68 bits per heavy atom. The number of amides is 1. The lowest BCUT2D eigenvalue weighted by atomic mass is 10.1. The molecule has 1 atom stereocenters. The Kier molecular flexibility index (Phi) is 6.00. The fourth-order valence-corrected chi connectivity index (χ4v) is 4.83. The summed E-state index contributed by atoms with van der Waals surface area (Å²) in [6.45, 7) is 5.98. The average molecular weight is 468 g/mol. The lowest BCUT2D eigenvalue weighted by molar-refractivity contribution is 0.0936. The van der Waals surface area contributed by atoms with Gasteiger partial charge in [-0.15, -0.1) is 0 Å². The van der Waals surface area contributed by atoms with Crippen LogP contribution in [-0.2, 0) is 9.84 Å². The highest BCUT2D eigenvalue weighted by atomic mass is 79.9. The van der Waals surface area contributed by atoms with E-state index in [2.05, 4.69) is 21.2 Å². The highest BCUT2D eigenvalue weighted by Crippen LogP contribution is 2.38. The summed E-state index contributed by atoms with van der Waals surface area (Å²) in [6.07, 6.45) is 0. The van der Waals surface area contributed by atoms with Gasteiger partial charge in [-0.2, -0.15) is 0 Å². The fourth-order valence-electron chi connectivity index (χ4n) is 2.92. The molecule has 1 heterocycles. The quantitative estimate of drug-likeness (QED) is 0.720. The SMILES string of the molecule is CC(NC(=O)c1ccccc1S(=O)(=O)C(C)C)c1cc2c(cc1Br)OCCO2. The number of carbonyl (C=O) groups excluding carboxylic acids is 1. The van der Waals surface area contributed by atoms with E-state index in [0.29, 0.717) is 24.7 Å². The Hall–Kier alpha value is -2.06. The molecule has 0 saturated heterocycles. The normalized spacial score (nSPS) is 14.6. The number of sulfone groups is 1. The van der Waals surface area contributed by atoms with E-state index in [1.165, 1.54) is 12.1 Å². The van der Waals surface area contributed by atoms with Crippen LogP contribution in [-0.4, -0.2) is 32.8 Å². The Labute approximate surface area is 173 Å². The molecule has 0 spiro atoms. The maximum Gasteiger partial charge on any atom is 0.253 e. The largest absolute Gasteiger partial charge is 0.486 e. The summed E-state index contributed by atoms with van der Waals surface area (Å²) in [5.74, 6) is 0.816. The zero-order valence-corrected chi connectivity index (χ0v) is 18.3. The van der Waals surface area contributed by atoms with Crippen LogP contribution in [0.4, 0.5) is 0 Å². The zero-order valence-electron chi connectivity index (χ0n) is 15.9. The van der Waals surface area contributed by atoms with Crippen LogP contribution in [0.3, 0.4) is 0 Å². The molecule has 3 rings (SSSR count). The Balaban J connectivity index is 1.89. The molecule has 150 valence electrons. The third-order valence-electron chi connectivity index (χ3n) is 4.53. The maximum absolute atomic E-state index is 12.9. The van der Waals surface area contributed by atoms with Gasteiger partial charge in [-0.1, -0.05) is 28.1 Å². The number of carbonyl (C=O) groups is 1. The third-order valence-corrected chi connectivity index (χ3v) is 7.43. The van der Waals surface area contributed by atoms with Crippen LogP contribution in [0.15, 0.2) is 45.8 Å². The Morgan fingerprint density at radius 1 is 1.07 bits per heavy atom. The minimum Gasteiger partial charge on any atom is -0.486 e. The van der Waals surface area contributed by atoms with Gasteiger partial charge in [0.1, 0.15) is 13.2 Å². The van der Waals surface area contributed by atoms with Crippen molar-refractivity contribution in [1.29, 1.82) is 0 Å². The summed E-state index contributed by atoms with van der Waals surface area (Å²) in [4.78, 5) is 12.9. The number of nitrogens with one attached hydrogen (secondary N) is 1. The monoisotopic (exact) mass is 467 g/mol. The minimum absolute atomic E-state index is 0.0379. The molecule has 0 radical (unpaired) electrons. The van der Waals surface area contributed by atoms with Gasteiger partial charge in [-0.3, -0.25) is 4.79 Å². The van der Waals surface area contributed by atoms with Crippen molar-refractivity contribution < 1.29 is 22.7 Å². The van der Waals surface area contributed by atoms with Gasteiger partial charge in [0.25, 0.3) is 5.91 Å². The first-order valence-electron chi connectivity index (χ1n) is 8.94. The molecular weight excluding hydrogens is 446 g/mol. The molecule has 0 saturated carbocycles. The van der Waals surface area contributed by atoms with E-state index in [4.69, 9.17) is 9.47 Å². The highest BCUT2D eigenvalue weighted by Gasteiger charge is 2.26. The van der Waals surface area contributed by atoms with Gasteiger partial charge in [0.05, 0.1) is 21.8 Å². The molecule has 2 aromatic carbocycles. The van der Waals surface area contributed by atoms with E-state index in [9.17, 15) is 13.2 Å². The molecule has 1 aliphatic heterocycles. The van der Waals surface area contributed by atoms with E-state index in [1.54, 1.807) is 26.0 Å². The number of halogens is 1. The summed E-state index contributed by atoms with van der Waals surface area (Å²) < 4.78 is 37.2. The fraction of sp³-hybridized carbons (Fsp3) is 0.350. The van der Waals surface area contributed by atoms with Gasteiger partial charge in [-0.25, -0.2) is 8.42 Å².